The van der Waals surface area contributed by atoms with Crippen LogP contribution in [0.3, 0.4) is 0 Å². The summed E-state index contributed by atoms with van der Waals surface area (Å²) in [4.78, 5) is 34.1. The Kier molecular flexibility index (Phi) is 4.89. The Morgan fingerprint density at radius 1 is 1.46 bits per heavy atom. The molecule has 2 aromatic heterocycles. The summed E-state index contributed by atoms with van der Waals surface area (Å²) in [5, 5.41) is 12.0. The van der Waals surface area contributed by atoms with Crippen LogP contribution < -0.4 is 0 Å². The minimum absolute atomic E-state index is 0.0588. The maximum atomic E-state index is 12.6. The number of carboxylic acid groups (broad SMARTS) is 1. The van der Waals surface area contributed by atoms with Crippen LogP contribution in [0.2, 0.25) is 0 Å². The van der Waals surface area contributed by atoms with Crippen LogP contribution in [0, 0.1) is 5.92 Å². The van der Waals surface area contributed by atoms with Crippen molar-refractivity contribution in [2.24, 2.45) is 5.92 Å². The highest BCUT2D eigenvalue weighted by Gasteiger charge is 2.35. The number of thiazole rings is 1. The van der Waals surface area contributed by atoms with Crippen molar-refractivity contribution in [3.63, 3.8) is 0 Å². The molecular formula is C17H19N3O3S. The van der Waals surface area contributed by atoms with Gasteiger partial charge in [-0.15, -0.1) is 11.3 Å². The third kappa shape index (κ3) is 3.46. The zero-order valence-corrected chi connectivity index (χ0v) is 14.2. The van der Waals surface area contributed by atoms with Crippen LogP contribution in [-0.2, 0) is 16.0 Å². The lowest BCUT2D eigenvalue weighted by atomic mass is 9.90. The normalized spacial score (nSPS) is 20.8. The van der Waals surface area contributed by atoms with E-state index in [4.69, 9.17) is 0 Å². The number of likely N-dealkylation sites (tertiary alicyclic amines) is 1. The van der Waals surface area contributed by atoms with Gasteiger partial charge in [-0.3, -0.25) is 14.6 Å². The van der Waals surface area contributed by atoms with Gasteiger partial charge in [-0.1, -0.05) is 0 Å². The Hall–Kier alpha value is -2.28. The number of carbonyl (C=O) groups is 2. The molecule has 3 heterocycles. The largest absolute Gasteiger partial charge is 0.481 e. The first-order valence-electron chi connectivity index (χ1n) is 7.93. The molecule has 0 bridgehead atoms. The predicted octanol–water partition coefficient (Wildman–Crippen LogP) is 2.46. The lowest BCUT2D eigenvalue weighted by Gasteiger charge is -2.37. The number of amides is 1. The molecule has 0 radical (unpaired) electrons. The molecular weight excluding hydrogens is 326 g/mol. The van der Waals surface area contributed by atoms with Gasteiger partial charge < -0.3 is 10.0 Å². The first kappa shape index (κ1) is 16.6. The summed E-state index contributed by atoms with van der Waals surface area (Å²) >= 11 is 1.48. The second-order valence-electron chi connectivity index (χ2n) is 5.98. The average Bonchev–Trinajstić information content (AvgIpc) is 3.04. The quantitative estimate of drug-likeness (QED) is 0.920. The van der Waals surface area contributed by atoms with Gasteiger partial charge in [0.05, 0.1) is 18.0 Å². The molecule has 126 valence electrons. The molecule has 2 aromatic rings. The maximum Gasteiger partial charge on any atom is 0.308 e. The zero-order valence-electron chi connectivity index (χ0n) is 13.4. The number of aromatic nitrogens is 2. The number of nitrogens with zero attached hydrogens (tertiary/aromatic N) is 3. The lowest BCUT2D eigenvalue weighted by molar-refractivity contribution is -0.148. The number of piperidine rings is 1. The molecule has 1 amide bonds. The molecule has 6 nitrogen and oxygen atoms in total. The van der Waals surface area contributed by atoms with Gasteiger partial charge in [0.25, 0.3) is 0 Å². The summed E-state index contributed by atoms with van der Waals surface area (Å²) in [6.07, 6.45) is 5.01. The number of hydrogen-bond donors (Lipinski definition) is 1. The molecule has 1 aliphatic rings. The van der Waals surface area contributed by atoms with Crippen molar-refractivity contribution < 1.29 is 14.7 Å². The number of pyridine rings is 1. The SMILES string of the molecule is C[C@@H]1[C@H](C(=O)O)CCCN1C(=O)Cc1csc(-c2cccnc2)n1. The van der Waals surface area contributed by atoms with E-state index in [1.807, 2.05) is 24.4 Å². The third-order valence-electron chi connectivity index (χ3n) is 4.42. The summed E-state index contributed by atoms with van der Waals surface area (Å²) in [6, 6.07) is 3.50. The van der Waals surface area contributed by atoms with E-state index in [1.54, 1.807) is 17.3 Å². The van der Waals surface area contributed by atoms with Crippen LogP contribution >= 0.6 is 11.3 Å². The fraction of sp³-hybridized carbons (Fsp3) is 0.412. The molecule has 1 fully saturated rings. The molecule has 3 rings (SSSR count). The molecule has 0 saturated carbocycles. The molecule has 0 spiro atoms. The zero-order chi connectivity index (χ0) is 17.1. The lowest BCUT2D eigenvalue weighted by Crippen LogP contribution is -2.49. The summed E-state index contributed by atoms with van der Waals surface area (Å²) in [7, 11) is 0. The number of hydrogen-bond acceptors (Lipinski definition) is 5. The van der Waals surface area contributed by atoms with Crippen molar-refractivity contribution in [2.75, 3.05) is 6.54 Å². The van der Waals surface area contributed by atoms with Crippen LogP contribution in [0.15, 0.2) is 29.9 Å². The second-order valence-corrected chi connectivity index (χ2v) is 6.84. The molecule has 1 N–H and O–H groups in total. The van der Waals surface area contributed by atoms with E-state index in [1.165, 1.54) is 11.3 Å². The number of carbonyl (C=O) groups excluding carboxylic acids is 1. The average molecular weight is 345 g/mol. The smallest absolute Gasteiger partial charge is 0.308 e. The fourth-order valence-electron chi connectivity index (χ4n) is 3.09. The topological polar surface area (TPSA) is 83.4 Å². The Bertz CT molecular complexity index is 732. The van der Waals surface area contributed by atoms with E-state index in [9.17, 15) is 14.7 Å². The monoisotopic (exact) mass is 345 g/mol. The number of rotatable bonds is 4. The van der Waals surface area contributed by atoms with E-state index in [2.05, 4.69) is 9.97 Å². The van der Waals surface area contributed by atoms with Crippen LogP contribution in [0.4, 0.5) is 0 Å². The second kappa shape index (κ2) is 7.09. The van der Waals surface area contributed by atoms with E-state index >= 15 is 0 Å². The van der Waals surface area contributed by atoms with Gasteiger partial charge in [0.15, 0.2) is 0 Å². The van der Waals surface area contributed by atoms with Gasteiger partial charge in [-0.05, 0) is 31.9 Å². The van der Waals surface area contributed by atoms with Gasteiger partial charge in [0.1, 0.15) is 5.01 Å². The van der Waals surface area contributed by atoms with Crippen LogP contribution in [0.5, 0.6) is 0 Å². The van der Waals surface area contributed by atoms with Gasteiger partial charge in [0, 0.05) is 35.9 Å². The highest BCUT2D eigenvalue weighted by Crippen LogP contribution is 2.26. The van der Waals surface area contributed by atoms with Gasteiger partial charge in [-0.25, -0.2) is 4.98 Å². The minimum Gasteiger partial charge on any atom is -0.481 e. The van der Waals surface area contributed by atoms with Crippen molar-refractivity contribution in [2.45, 2.75) is 32.2 Å². The molecule has 1 aliphatic heterocycles. The van der Waals surface area contributed by atoms with Crippen molar-refractivity contribution in [3.05, 3.63) is 35.6 Å². The summed E-state index contributed by atoms with van der Waals surface area (Å²) in [6.45, 7) is 2.43. The fourth-order valence-corrected chi connectivity index (χ4v) is 3.90. The van der Waals surface area contributed by atoms with Gasteiger partial charge in [0.2, 0.25) is 5.91 Å². The molecule has 1 saturated heterocycles. The van der Waals surface area contributed by atoms with Crippen molar-refractivity contribution in [3.8, 4) is 10.6 Å². The molecule has 7 heteroatoms. The van der Waals surface area contributed by atoms with E-state index in [-0.39, 0.29) is 18.4 Å². The highest BCUT2D eigenvalue weighted by molar-refractivity contribution is 7.13. The standard InChI is InChI=1S/C17H19N3O3S/c1-11-14(17(22)23)5-3-7-20(11)15(21)8-13-10-24-16(19-13)12-4-2-6-18-9-12/h2,4,6,9-11,14H,3,5,7-8H2,1H3,(H,22,23)/t11-,14-/m1/s1. The van der Waals surface area contributed by atoms with Crippen molar-refractivity contribution in [1.82, 2.24) is 14.9 Å². The van der Waals surface area contributed by atoms with Gasteiger partial charge >= 0.3 is 5.97 Å². The number of aliphatic carboxylic acids is 1. The third-order valence-corrected chi connectivity index (χ3v) is 5.36. The Morgan fingerprint density at radius 2 is 2.29 bits per heavy atom. The predicted molar refractivity (Wildman–Crippen MR) is 90.6 cm³/mol. The summed E-state index contributed by atoms with van der Waals surface area (Å²) in [5.74, 6) is -1.37. The maximum absolute atomic E-state index is 12.6. The summed E-state index contributed by atoms with van der Waals surface area (Å²) < 4.78 is 0. The molecule has 0 unspecified atom stereocenters. The van der Waals surface area contributed by atoms with Gasteiger partial charge in [-0.2, -0.15) is 0 Å². The van der Waals surface area contributed by atoms with Crippen LogP contribution in [-0.4, -0.2) is 44.4 Å². The highest BCUT2D eigenvalue weighted by atomic mass is 32.1. The molecule has 0 aromatic carbocycles. The van der Waals surface area contributed by atoms with Crippen molar-refractivity contribution in [1.29, 1.82) is 0 Å². The van der Waals surface area contributed by atoms with E-state index in [0.29, 0.717) is 18.7 Å². The number of carboxylic acids is 1. The van der Waals surface area contributed by atoms with E-state index in [0.717, 1.165) is 17.0 Å². The molecule has 0 aliphatic carbocycles. The minimum atomic E-state index is -0.826. The van der Waals surface area contributed by atoms with Crippen LogP contribution in [0.25, 0.3) is 10.6 Å². The Morgan fingerprint density at radius 3 is 3.00 bits per heavy atom. The van der Waals surface area contributed by atoms with Crippen molar-refractivity contribution >= 4 is 23.2 Å². The molecule has 2 atom stereocenters. The van der Waals surface area contributed by atoms with E-state index < -0.39 is 11.9 Å². The Balaban J connectivity index is 1.69. The first-order valence-corrected chi connectivity index (χ1v) is 8.81. The first-order chi connectivity index (χ1) is 11.6. The molecule has 24 heavy (non-hydrogen) atoms. The van der Waals surface area contributed by atoms with Crippen LogP contribution in [0.1, 0.15) is 25.5 Å². The Labute approximate surface area is 144 Å². The summed E-state index contributed by atoms with van der Waals surface area (Å²) in [5.41, 5.74) is 1.65.